The summed E-state index contributed by atoms with van der Waals surface area (Å²) in [5.74, 6) is -1.63. The van der Waals surface area contributed by atoms with Crippen molar-refractivity contribution in [2.24, 2.45) is 5.92 Å². The zero-order valence-corrected chi connectivity index (χ0v) is 19.8. The van der Waals surface area contributed by atoms with E-state index in [1.165, 1.54) is 6.20 Å². The van der Waals surface area contributed by atoms with Crippen molar-refractivity contribution in [2.45, 2.75) is 23.5 Å². The molecular weight excluding hydrogens is 518 g/mol. The Balaban J connectivity index is 1.82. The number of rotatable bonds is 4. The molecule has 1 aliphatic heterocycles. The zero-order chi connectivity index (χ0) is 22.7. The normalized spacial score (nSPS) is 28.8. The predicted octanol–water partition coefficient (Wildman–Crippen LogP) is 4.66. The Kier molecular flexibility index (Phi) is 5.14. The lowest BCUT2D eigenvalue weighted by atomic mass is 9.71. The molecule has 3 aromatic rings. The summed E-state index contributed by atoms with van der Waals surface area (Å²) in [4.78, 5) is 4.38. The fraction of sp³-hybridized carbons (Fsp3) is 0.261. The molecule has 9 heteroatoms. The standard InChI is InChI=1S/C23H19BrClNO5S/c24-17-8-6-15(7-9-17)23-19(14-4-2-1-3-5-14)10-16(13-32(28,29)30)22(23,27)21-20(31-23)11-18(25)12-26-21/h1-9,11-12,16,19,27H,10,13H2,(H,28,29,30). The first-order chi connectivity index (χ1) is 15.1. The van der Waals surface area contributed by atoms with E-state index < -0.39 is 38.9 Å². The van der Waals surface area contributed by atoms with Crippen molar-refractivity contribution in [3.63, 3.8) is 0 Å². The van der Waals surface area contributed by atoms with Gasteiger partial charge in [0.25, 0.3) is 10.1 Å². The zero-order valence-electron chi connectivity index (χ0n) is 16.7. The van der Waals surface area contributed by atoms with Crippen molar-refractivity contribution < 1.29 is 22.8 Å². The average molecular weight is 537 g/mol. The van der Waals surface area contributed by atoms with Gasteiger partial charge in [-0.25, -0.2) is 0 Å². The van der Waals surface area contributed by atoms with Crippen LogP contribution in [0.4, 0.5) is 0 Å². The maximum absolute atomic E-state index is 12.4. The minimum absolute atomic E-state index is 0.219. The number of nitrogens with zero attached hydrogens (tertiary/aromatic N) is 1. The molecule has 1 saturated carbocycles. The summed E-state index contributed by atoms with van der Waals surface area (Å²) in [5.41, 5.74) is -1.42. The smallest absolute Gasteiger partial charge is 0.265 e. The third-order valence-corrected chi connectivity index (χ3v) is 8.07. The van der Waals surface area contributed by atoms with Crippen LogP contribution in [-0.2, 0) is 21.3 Å². The van der Waals surface area contributed by atoms with E-state index in [0.29, 0.717) is 16.3 Å². The molecule has 6 nitrogen and oxygen atoms in total. The van der Waals surface area contributed by atoms with E-state index in [-0.39, 0.29) is 12.1 Å². The fourth-order valence-corrected chi connectivity index (χ4v) is 6.64. The highest BCUT2D eigenvalue weighted by Gasteiger charge is 2.73. The Morgan fingerprint density at radius 3 is 2.50 bits per heavy atom. The highest BCUT2D eigenvalue weighted by atomic mass is 79.9. The molecule has 166 valence electrons. The van der Waals surface area contributed by atoms with Gasteiger partial charge in [0.05, 0.1) is 10.8 Å². The molecule has 2 heterocycles. The highest BCUT2D eigenvalue weighted by molar-refractivity contribution is 9.10. The van der Waals surface area contributed by atoms with Gasteiger partial charge in [0.1, 0.15) is 11.4 Å². The van der Waals surface area contributed by atoms with Gasteiger partial charge in [0.15, 0.2) is 11.2 Å². The van der Waals surface area contributed by atoms with E-state index in [1.54, 1.807) is 6.07 Å². The molecule has 2 aliphatic rings. The quantitative estimate of drug-likeness (QED) is 0.471. The lowest BCUT2D eigenvalue weighted by Crippen LogP contribution is -2.51. The average Bonchev–Trinajstić information content (AvgIpc) is 3.13. The molecule has 4 atom stereocenters. The van der Waals surface area contributed by atoms with Crippen LogP contribution in [-0.4, -0.2) is 28.8 Å². The second-order valence-corrected chi connectivity index (χ2v) is 11.1. The van der Waals surface area contributed by atoms with Crippen molar-refractivity contribution >= 4 is 37.6 Å². The highest BCUT2D eigenvalue weighted by Crippen LogP contribution is 2.68. The number of pyridine rings is 1. The first-order valence-corrected chi connectivity index (χ1v) is 12.8. The van der Waals surface area contributed by atoms with Gasteiger partial charge in [-0.2, -0.15) is 8.42 Å². The molecule has 1 aliphatic carbocycles. The van der Waals surface area contributed by atoms with Crippen LogP contribution in [0.3, 0.4) is 0 Å². The number of halogens is 2. The second kappa shape index (κ2) is 7.53. The van der Waals surface area contributed by atoms with Crippen LogP contribution in [0.15, 0.2) is 71.3 Å². The van der Waals surface area contributed by atoms with Gasteiger partial charge in [-0.1, -0.05) is 70.0 Å². The molecule has 0 amide bonds. The van der Waals surface area contributed by atoms with E-state index in [2.05, 4.69) is 20.9 Å². The first kappa shape index (κ1) is 21.9. The summed E-state index contributed by atoms with van der Waals surface area (Å²) in [7, 11) is -4.39. The number of aliphatic hydroxyl groups is 1. The molecule has 0 spiro atoms. The van der Waals surface area contributed by atoms with E-state index in [0.717, 1.165) is 10.0 Å². The van der Waals surface area contributed by atoms with Gasteiger partial charge >= 0.3 is 0 Å². The lowest BCUT2D eigenvalue weighted by molar-refractivity contribution is -0.125. The maximum atomic E-state index is 12.4. The van der Waals surface area contributed by atoms with Crippen molar-refractivity contribution in [3.8, 4) is 5.75 Å². The molecule has 5 rings (SSSR count). The number of ether oxygens (including phenoxy) is 1. The first-order valence-electron chi connectivity index (χ1n) is 9.99. The SMILES string of the molecule is O=S(=O)(O)CC1CC(c2ccccc2)C2(c3ccc(Br)cc3)Oc3cc(Cl)cnc3C12O. The van der Waals surface area contributed by atoms with Crippen molar-refractivity contribution in [1.29, 1.82) is 0 Å². The second-order valence-electron chi connectivity index (χ2n) is 8.26. The van der Waals surface area contributed by atoms with Gasteiger partial charge in [0, 0.05) is 28.6 Å². The monoisotopic (exact) mass is 535 g/mol. The summed E-state index contributed by atoms with van der Waals surface area (Å²) in [6.45, 7) is 0. The number of aromatic nitrogens is 1. The molecule has 0 saturated heterocycles. The van der Waals surface area contributed by atoms with Crippen LogP contribution in [0.1, 0.15) is 29.2 Å². The van der Waals surface area contributed by atoms with Gasteiger partial charge in [-0.05, 0) is 29.7 Å². The van der Waals surface area contributed by atoms with Crippen molar-refractivity contribution in [1.82, 2.24) is 4.98 Å². The van der Waals surface area contributed by atoms with Gasteiger partial charge in [-0.3, -0.25) is 9.54 Å². The van der Waals surface area contributed by atoms with E-state index >= 15 is 0 Å². The maximum Gasteiger partial charge on any atom is 0.265 e. The molecule has 4 unspecified atom stereocenters. The third kappa shape index (κ3) is 3.20. The van der Waals surface area contributed by atoms with Crippen LogP contribution in [0.25, 0.3) is 0 Å². The Hall–Kier alpha value is -1.97. The van der Waals surface area contributed by atoms with Crippen LogP contribution in [0.2, 0.25) is 5.02 Å². The topological polar surface area (TPSA) is 96.7 Å². The Labute approximate surface area is 199 Å². The molecule has 0 bridgehead atoms. The lowest BCUT2D eigenvalue weighted by Gasteiger charge is -2.41. The molecule has 1 fully saturated rings. The molecule has 2 aromatic carbocycles. The third-order valence-electron chi connectivity index (χ3n) is 6.51. The van der Waals surface area contributed by atoms with E-state index in [1.807, 2.05) is 54.6 Å². The van der Waals surface area contributed by atoms with Gasteiger partial charge in [-0.15, -0.1) is 0 Å². The minimum Gasteiger partial charge on any atom is -0.476 e. The van der Waals surface area contributed by atoms with E-state index in [4.69, 9.17) is 16.3 Å². The van der Waals surface area contributed by atoms with Crippen molar-refractivity contribution in [3.05, 3.63) is 93.2 Å². The molecule has 32 heavy (non-hydrogen) atoms. The van der Waals surface area contributed by atoms with Crippen LogP contribution in [0.5, 0.6) is 5.75 Å². The van der Waals surface area contributed by atoms with Crippen LogP contribution >= 0.6 is 27.5 Å². The number of hydrogen-bond donors (Lipinski definition) is 2. The number of benzene rings is 2. The number of fused-ring (bicyclic) bond motifs is 3. The summed E-state index contributed by atoms with van der Waals surface area (Å²) >= 11 is 9.61. The number of hydrogen-bond acceptors (Lipinski definition) is 5. The largest absolute Gasteiger partial charge is 0.476 e. The summed E-state index contributed by atoms with van der Waals surface area (Å²) < 4.78 is 41.1. The van der Waals surface area contributed by atoms with Crippen LogP contribution < -0.4 is 4.74 Å². The molecule has 2 N–H and O–H groups in total. The Morgan fingerprint density at radius 1 is 1.16 bits per heavy atom. The molecule has 0 radical (unpaired) electrons. The predicted molar refractivity (Wildman–Crippen MR) is 123 cm³/mol. The van der Waals surface area contributed by atoms with Crippen molar-refractivity contribution in [2.75, 3.05) is 5.75 Å². The molecular formula is C23H19BrClNO5S. The summed E-state index contributed by atoms with van der Waals surface area (Å²) in [5, 5.41) is 12.7. The summed E-state index contributed by atoms with van der Waals surface area (Å²) in [6, 6.07) is 18.5. The Bertz CT molecular complexity index is 1290. The van der Waals surface area contributed by atoms with E-state index in [9.17, 15) is 18.1 Å². The van der Waals surface area contributed by atoms with Gasteiger partial charge < -0.3 is 9.84 Å². The fourth-order valence-electron chi connectivity index (χ4n) is 5.34. The Morgan fingerprint density at radius 2 is 1.84 bits per heavy atom. The molecule has 1 aromatic heterocycles. The minimum atomic E-state index is -4.39. The summed E-state index contributed by atoms with van der Waals surface area (Å²) in [6.07, 6.45) is 1.67. The van der Waals surface area contributed by atoms with Gasteiger partial charge in [0.2, 0.25) is 0 Å². The van der Waals surface area contributed by atoms with Crippen LogP contribution in [0, 0.1) is 5.92 Å².